The first kappa shape index (κ1) is 16.0. The molecule has 3 nitrogen and oxygen atoms in total. The van der Waals surface area contributed by atoms with Crippen LogP contribution in [0.3, 0.4) is 0 Å². The summed E-state index contributed by atoms with van der Waals surface area (Å²) in [6.07, 6.45) is 5.75. The Bertz CT molecular complexity index is 350. The fourth-order valence-electron chi connectivity index (χ4n) is 2.02. The van der Waals surface area contributed by atoms with E-state index in [1.807, 2.05) is 6.20 Å². The second kappa shape index (κ2) is 8.92. The fraction of sp³-hybridized carbons (Fsp3) is 0.688. The van der Waals surface area contributed by atoms with Crippen LogP contribution < -0.4 is 10.2 Å². The molecule has 108 valence electrons. The van der Waals surface area contributed by atoms with E-state index >= 15 is 0 Å². The smallest absolute Gasteiger partial charge is 0.0562 e. The van der Waals surface area contributed by atoms with Gasteiger partial charge in [-0.1, -0.05) is 33.6 Å². The molecule has 0 bridgehead atoms. The zero-order valence-corrected chi connectivity index (χ0v) is 12.9. The molecule has 1 heterocycles. The van der Waals surface area contributed by atoms with Crippen molar-refractivity contribution in [1.29, 1.82) is 0 Å². The van der Waals surface area contributed by atoms with Crippen LogP contribution in [0.25, 0.3) is 0 Å². The summed E-state index contributed by atoms with van der Waals surface area (Å²) in [5.41, 5.74) is 2.40. The average molecular weight is 263 g/mol. The molecule has 0 radical (unpaired) electrons. The van der Waals surface area contributed by atoms with Crippen LogP contribution in [-0.2, 0) is 6.54 Å². The van der Waals surface area contributed by atoms with Gasteiger partial charge in [0.15, 0.2) is 0 Å². The van der Waals surface area contributed by atoms with E-state index in [4.69, 9.17) is 0 Å². The molecule has 0 saturated heterocycles. The molecule has 0 unspecified atom stereocenters. The summed E-state index contributed by atoms with van der Waals surface area (Å²) in [7, 11) is 2.16. The van der Waals surface area contributed by atoms with Crippen LogP contribution >= 0.6 is 0 Å². The van der Waals surface area contributed by atoms with E-state index in [1.54, 1.807) is 0 Å². The number of anilines is 1. The number of nitrogens with one attached hydrogen (secondary N) is 1. The van der Waals surface area contributed by atoms with Crippen LogP contribution in [0, 0.1) is 5.92 Å². The second-order valence-electron chi connectivity index (χ2n) is 5.66. The fourth-order valence-corrected chi connectivity index (χ4v) is 2.02. The lowest BCUT2D eigenvalue weighted by Gasteiger charge is -2.19. The maximum Gasteiger partial charge on any atom is 0.0562 e. The molecule has 1 aromatic heterocycles. The van der Waals surface area contributed by atoms with E-state index in [0.717, 1.165) is 25.3 Å². The van der Waals surface area contributed by atoms with Crippen molar-refractivity contribution in [2.45, 2.75) is 46.6 Å². The molecule has 0 aliphatic rings. The summed E-state index contributed by atoms with van der Waals surface area (Å²) < 4.78 is 0. The van der Waals surface area contributed by atoms with Crippen LogP contribution in [0.4, 0.5) is 5.69 Å². The molecule has 0 saturated carbocycles. The largest absolute Gasteiger partial charge is 0.375 e. The Balaban J connectivity index is 2.46. The SMILES string of the molecule is CCCCCN(C)c1ccnc(CNCC(C)C)c1. The van der Waals surface area contributed by atoms with E-state index in [1.165, 1.54) is 24.9 Å². The lowest BCUT2D eigenvalue weighted by atomic mass is 10.2. The highest BCUT2D eigenvalue weighted by atomic mass is 15.1. The zero-order chi connectivity index (χ0) is 14.1. The standard InChI is InChI=1S/C16H29N3/c1-5-6-7-10-19(4)16-8-9-18-15(11-16)13-17-12-14(2)3/h8-9,11,14,17H,5-7,10,12-13H2,1-4H3. The van der Waals surface area contributed by atoms with Crippen LogP contribution in [0.5, 0.6) is 0 Å². The van der Waals surface area contributed by atoms with Crippen LogP contribution in [0.1, 0.15) is 45.7 Å². The molecule has 1 N–H and O–H groups in total. The van der Waals surface area contributed by atoms with Crippen molar-refractivity contribution in [2.24, 2.45) is 5.92 Å². The van der Waals surface area contributed by atoms with Crippen molar-refractivity contribution in [2.75, 3.05) is 25.0 Å². The Morgan fingerprint density at radius 2 is 2.11 bits per heavy atom. The van der Waals surface area contributed by atoms with E-state index < -0.39 is 0 Å². The molecule has 0 atom stereocenters. The van der Waals surface area contributed by atoms with Crippen molar-refractivity contribution < 1.29 is 0 Å². The monoisotopic (exact) mass is 263 g/mol. The Kier molecular flexibility index (Phi) is 7.49. The topological polar surface area (TPSA) is 28.2 Å². The molecule has 0 spiro atoms. The highest BCUT2D eigenvalue weighted by Crippen LogP contribution is 2.13. The van der Waals surface area contributed by atoms with Gasteiger partial charge < -0.3 is 10.2 Å². The number of hydrogen-bond acceptors (Lipinski definition) is 3. The van der Waals surface area contributed by atoms with Gasteiger partial charge in [0.2, 0.25) is 0 Å². The van der Waals surface area contributed by atoms with Gasteiger partial charge in [0.25, 0.3) is 0 Å². The normalized spacial score (nSPS) is 11.0. The van der Waals surface area contributed by atoms with Gasteiger partial charge in [0.05, 0.1) is 5.69 Å². The van der Waals surface area contributed by atoms with Gasteiger partial charge in [-0.3, -0.25) is 4.98 Å². The number of rotatable bonds is 9. The van der Waals surface area contributed by atoms with Gasteiger partial charge in [-0.15, -0.1) is 0 Å². The Hall–Kier alpha value is -1.09. The van der Waals surface area contributed by atoms with Crippen LogP contribution in [-0.4, -0.2) is 25.1 Å². The average Bonchev–Trinajstić information content (AvgIpc) is 2.39. The van der Waals surface area contributed by atoms with Crippen molar-refractivity contribution in [3.05, 3.63) is 24.0 Å². The number of pyridine rings is 1. The summed E-state index contributed by atoms with van der Waals surface area (Å²) in [5.74, 6) is 0.680. The molecule has 3 heteroatoms. The van der Waals surface area contributed by atoms with Gasteiger partial charge in [0, 0.05) is 32.0 Å². The Labute approximate surface area is 118 Å². The summed E-state index contributed by atoms with van der Waals surface area (Å²) in [6.45, 7) is 9.70. The van der Waals surface area contributed by atoms with E-state index in [2.05, 4.69) is 55.2 Å². The first-order chi connectivity index (χ1) is 9.13. The van der Waals surface area contributed by atoms with Gasteiger partial charge >= 0.3 is 0 Å². The lowest BCUT2D eigenvalue weighted by molar-refractivity contribution is 0.548. The van der Waals surface area contributed by atoms with E-state index in [-0.39, 0.29) is 0 Å². The minimum absolute atomic E-state index is 0.680. The highest BCUT2D eigenvalue weighted by molar-refractivity contribution is 5.45. The molecular weight excluding hydrogens is 234 g/mol. The first-order valence-electron chi connectivity index (χ1n) is 7.50. The molecule has 0 fully saturated rings. The summed E-state index contributed by atoms with van der Waals surface area (Å²) in [4.78, 5) is 6.75. The number of hydrogen-bond donors (Lipinski definition) is 1. The molecule has 19 heavy (non-hydrogen) atoms. The third-order valence-electron chi connectivity index (χ3n) is 3.20. The van der Waals surface area contributed by atoms with Crippen molar-refractivity contribution in [3.8, 4) is 0 Å². The molecule has 0 aliphatic heterocycles. The summed E-state index contributed by atoms with van der Waals surface area (Å²) in [5, 5.41) is 3.44. The maximum absolute atomic E-state index is 4.43. The Morgan fingerprint density at radius 3 is 2.79 bits per heavy atom. The quantitative estimate of drug-likeness (QED) is 0.692. The molecule has 1 rings (SSSR count). The molecule has 0 amide bonds. The van der Waals surface area contributed by atoms with Crippen molar-refractivity contribution in [3.63, 3.8) is 0 Å². The summed E-state index contributed by atoms with van der Waals surface area (Å²) >= 11 is 0. The van der Waals surface area contributed by atoms with E-state index in [9.17, 15) is 0 Å². The second-order valence-corrected chi connectivity index (χ2v) is 5.66. The summed E-state index contributed by atoms with van der Waals surface area (Å²) in [6, 6.07) is 4.29. The molecular formula is C16H29N3. The van der Waals surface area contributed by atoms with Gasteiger partial charge in [0.1, 0.15) is 0 Å². The first-order valence-corrected chi connectivity index (χ1v) is 7.50. The number of nitrogens with zero attached hydrogens (tertiary/aromatic N) is 2. The third-order valence-corrected chi connectivity index (χ3v) is 3.20. The van der Waals surface area contributed by atoms with Crippen LogP contribution in [0.15, 0.2) is 18.3 Å². The molecule has 1 aromatic rings. The third kappa shape index (κ3) is 6.58. The molecule has 0 aromatic carbocycles. The van der Waals surface area contributed by atoms with Gasteiger partial charge in [-0.05, 0) is 31.0 Å². The van der Waals surface area contributed by atoms with E-state index in [0.29, 0.717) is 5.92 Å². The van der Waals surface area contributed by atoms with Gasteiger partial charge in [-0.2, -0.15) is 0 Å². The number of aromatic nitrogens is 1. The van der Waals surface area contributed by atoms with Crippen molar-refractivity contribution in [1.82, 2.24) is 10.3 Å². The lowest BCUT2D eigenvalue weighted by Crippen LogP contribution is -2.21. The maximum atomic E-state index is 4.43. The zero-order valence-electron chi connectivity index (χ0n) is 12.9. The minimum atomic E-state index is 0.680. The Morgan fingerprint density at radius 1 is 1.32 bits per heavy atom. The molecule has 0 aliphatic carbocycles. The van der Waals surface area contributed by atoms with Gasteiger partial charge in [-0.25, -0.2) is 0 Å². The predicted molar refractivity (Wildman–Crippen MR) is 83.6 cm³/mol. The van der Waals surface area contributed by atoms with Crippen molar-refractivity contribution >= 4 is 5.69 Å². The predicted octanol–water partition coefficient (Wildman–Crippen LogP) is 3.45. The van der Waals surface area contributed by atoms with Crippen LogP contribution in [0.2, 0.25) is 0 Å². The minimum Gasteiger partial charge on any atom is -0.375 e. The number of unbranched alkanes of at least 4 members (excludes halogenated alkanes) is 2. The highest BCUT2D eigenvalue weighted by Gasteiger charge is 2.03.